The molecule has 3 aliphatic carbocycles. The molecule has 0 aromatic heterocycles. The largest absolute Gasteiger partial charge is 0.508 e. The highest BCUT2D eigenvalue weighted by atomic mass is 16.3. The maximum atomic E-state index is 13.3. The summed E-state index contributed by atoms with van der Waals surface area (Å²) in [4.78, 5) is 13.3. The molecule has 2 aromatic carbocycles. The molecule has 1 N–H and O–H groups in total. The van der Waals surface area contributed by atoms with Crippen LogP contribution in [0.25, 0.3) is 0 Å². The highest BCUT2D eigenvalue weighted by molar-refractivity contribution is 5.98. The Morgan fingerprint density at radius 2 is 1.85 bits per heavy atom. The van der Waals surface area contributed by atoms with Gasteiger partial charge in [0.05, 0.1) is 0 Å². The second-order valence-electron chi connectivity index (χ2n) is 9.20. The van der Waals surface area contributed by atoms with E-state index in [0.29, 0.717) is 29.3 Å². The molecule has 2 nitrogen and oxygen atoms in total. The molecule has 2 heteroatoms. The van der Waals surface area contributed by atoms with Gasteiger partial charge in [-0.25, -0.2) is 0 Å². The van der Waals surface area contributed by atoms with E-state index >= 15 is 0 Å². The monoisotopic (exact) mass is 360 g/mol. The molecule has 3 aliphatic rings. The Kier molecular flexibility index (Phi) is 3.93. The number of ketones is 1. The molecule has 5 atom stereocenters. The molecule has 2 saturated carbocycles. The van der Waals surface area contributed by atoms with Crippen molar-refractivity contribution in [2.75, 3.05) is 0 Å². The molecule has 0 aliphatic heterocycles. The first-order valence-corrected chi connectivity index (χ1v) is 10.5. The second kappa shape index (κ2) is 6.22. The highest BCUT2D eigenvalue weighted by Gasteiger charge is 2.56. The molecule has 2 aromatic rings. The molecule has 0 saturated heterocycles. The predicted octanol–water partition coefficient (Wildman–Crippen LogP) is 5.75. The van der Waals surface area contributed by atoms with E-state index in [0.717, 1.165) is 24.8 Å². The van der Waals surface area contributed by atoms with Gasteiger partial charge in [0.15, 0.2) is 5.78 Å². The van der Waals surface area contributed by atoms with Crippen LogP contribution >= 0.6 is 0 Å². The first-order chi connectivity index (χ1) is 13.1. The van der Waals surface area contributed by atoms with Gasteiger partial charge >= 0.3 is 0 Å². The average Bonchev–Trinajstić information content (AvgIpc) is 3.05. The fourth-order valence-corrected chi connectivity index (χ4v) is 6.80. The zero-order chi connectivity index (χ0) is 18.6. The topological polar surface area (TPSA) is 37.3 Å². The number of aryl methyl sites for hydroxylation is 1. The van der Waals surface area contributed by atoms with Crippen LogP contribution in [0.2, 0.25) is 0 Å². The van der Waals surface area contributed by atoms with Crippen molar-refractivity contribution in [1.29, 1.82) is 0 Å². The molecular weight excluding hydrogens is 332 g/mol. The van der Waals surface area contributed by atoms with Crippen LogP contribution in [-0.4, -0.2) is 10.9 Å². The molecule has 0 unspecified atom stereocenters. The molecule has 0 amide bonds. The van der Waals surface area contributed by atoms with E-state index in [1.807, 2.05) is 42.5 Å². The third kappa shape index (κ3) is 2.56. The number of phenols is 1. The number of Topliss-reactive ketones (excluding diaryl/α,β-unsaturated/α-hetero) is 1. The van der Waals surface area contributed by atoms with Crippen molar-refractivity contribution >= 4 is 5.78 Å². The summed E-state index contributed by atoms with van der Waals surface area (Å²) < 4.78 is 0. The van der Waals surface area contributed by atoms with Gasteiger partial charge in [0.25, 0.3) is 0 Å². The van der Waals surface area contributed by atoms with Crippen molar-refractivity contribution in [2.24, 2.45) is 23.2 Å². The summed E-state index contributed by atoms with van der Waals surface area (Å²) in [5.41, 5.74) is 3.83. The van der Waals surface area contributed by atoms with E-state index in [4.69, 9.17) is 0 Å². The van der Waals surface area contributed by atoms with E-state index in [-0.39, 0.29) is 11.3 Å². The van der Waals surface area contributed by atoms with Crippen molar-refractivity contribution in [2.45, 2.75) is 51.4 Å². The first-order valence-electron chi connectivity index (χ1n) is 10.5. The van der Waals surface area contributed by atoms with E-state index in [1.165, 1.54) is 30.4 Å². The van der Waals surface area contributed by atoms with Crippen molar-refractivity contribution in [1.82, 2.24) is 0 Å². The third-order valence-corrected chi connectivity index (χ3v) is 8.08. The van der Waals surface area contributed by atoms with Gasteiger partial charge in [0.2, 0.25) is 0 Å². The van der Waals surface area contributed by atoms with E-state index in [9.17, 15) is 9.90 Å². The summed E-state index contributed by atoms with van der Waals surface area (Å²) in [7, 11) is 0. The van der Waals surface area contributed by atoms with Crippen LogP contribution in [0.3, 0.4) is 0 Å². The van der Waals surface area contributed by atoms with Crippen LogP contribution in [0.1, 0.15) is 66.4 Å². The molecule has 0 spiro atoms. The summed E-state index contributed by atoms with van der Waals surface area (Å²) in [5.74, 6) is 2.87. The quantitative estimate of drug-likeness (QED) is 0.693. The smallest absolute Gasteiger partial charge is 0.166 e. The number of rotatable bonds is 2. The Hall–Kier alpha value is -2.09. The van der Waals surface area contributed by atoms with Gasteiger partial charge in [0.1, 0.15) is 5.75 Å². The minimum absolute atomic E-state index is 0.141. The standard InChI is InChI=1S/C25H28O2/c1-25-14-13-20-19-10-8-18(26)15-17(19)7-9-21(20)22(25)11-12-23(25)24(27)16-5-3-2-4-6-16/h2-6,8,10,15,20-23,26H,7,9,11-14H2,1H3/t20-,21-,22+,23-,25+/m1/s1. The maximum absolute atomic E-state index is 13.3. The van der Waals surface area contributed by atoms with Crippen molar-refractivity contribution in [3.05, 3.63) is 65.2 Å². The normalized spacial score (nSPS) is 34.4. The number of hydrogen-bond acceptors (Lipinski definition) is 2. The van der Waals surface area contributed by atoms with E-state index in [1.54, 1.807) is 0 Å². The third-order valence-electron chi connectivity index (χ3n) is 8.08. The number of aromatic hydroxyl groups is 1. The number of hydrogen-bond donors (Lipinski definition) is 1. The lowest BCUT2D eigenvalue weighted by molar-refractivity contribution is 0.0276. The van der Waals surface area contributed by atoms with E-state index in [2.05, 4.69) is 13.0 Å². The van der Waals surface area contributed by atoms with Crippen LogP contribution in [0.15, 0.2) is 48.5 Å². The molecule has 140 valence electrons. The minimum Gasteiger partial charge on any atom is -0.508 e. The molecule has 0 radical (unpaired) electrons. The fraction of sp³-hybridized carbons (Fsp3) is 0.480. The zero-order valence-corrected chi connectivity index (χ0v) is 16.0. The SMILES string of the molecule is C[C@]12CC[C@@H]3c4ccc(O)cc4CC[C@H]3[C@@H]1CC[C@@H]2C(=O)c1ccccc1. The van der Waals surface area contributed by atoms with Crippen LogP contribution in [-0.2, 0) is 6.42 Å². The summed E-state index contributed by atoms with van der Waals surface area (Å²) in [6, 6.07) is 15.9. The van der Waals surface area contributed by atoms with Gasteiger partial charge in [-0.05, 0) is 85.0 Å². The van der Waals surface area contributed by atoms with Gasteiger partial charge in [-0.3, -0.25) is 4.79 Å². The van der Waals surface area contributed by atoms with Crippen molar-refractivity contribution in [3.8, 4) is 5.75 Å². The van der Waals surface area contributed by atoms with E-state index < -0.39 is 0 Å². The number of phenolic OH excluding ortho intramolecular Hbond substituents is 1. The molecular formula is C25H28O2. The Balaban J connectivity index is 1.45. The van der Waals surface area contributed by atoms with Gasteiger partial charge in [0, 0.05) is 11.5 Å². The predicted molar refractivity (Wildman–Crippen MR) is 107 cm³/mol. The van der Waals surface area contributed by atoms with Gasteiger partial charge in [-0.15, -0.1) is 0 Å². The lowest BCUT2D eigenvalue weighted by Crippen LogP contribution is -2.44. The molecule has 2 fully saturated rings. The van der Waals surface area contributed by atoms with Crippen molar-refractivity contribution < 1.29 is 9.90 Å². The summed E-state index contributed by atoms with van der Waals surface area (Å²) in [5, 5.41) is 9.84. The molecule has 5 rings (SSSR count). The highest BCUT2D eigenvalue weighted by Crippen LogP contribution is 2.63. The molecule has 0 heterocycles. The van der Waals surface area contributed by atoms with Crippen LogP contribution in [0.4, 0.5) is 0 Å². The molecule has 27 heavy (non-hydrogen) atoms. The molecule has 0 bridgehead atoms. The lowest BCUT2D eigenvalue weighted by Gasteiger charge is -2.50. The average molecular weight is 360 g/mol. The fourth-order valence-electron chi connectivity index (χ4n) is 6.80. The Morgan fingerprint density at radius 3 is 2.67 bits per heavy atom. The minimum atomic E-state index is 0.141. The van der Waals surface area contributed by atoms with Crippen LogP contribution in [0.5, 0.6) is 5.75 Å². The number of carbonyl (C=O) groups is 1. The zero-order valence-electron chi connectivity index (χ0n) is 16.0. The van der Waals surface area contributed by atoms with Gasteiger partial charge in [-0.2, -0.15) is 0 Å². The van der Waals surface area contributed by atoms with Crippen molar-refractivity contribution in [3.63, 3.8) is 0 Å². The van der Waals surface area contributed by atoms with Crippen LogP contribution in [0, 0.1) is 23.2 Å². The van der Waals surface area contributed by atoms with Gasteiger partial charge in [-0.1, -0.05) is 43.3 Å². The van der Waals surface area contributed by atoms with Gasteiger partial charge < -0.3 is 5.11 Å². The lowest BCUT2D eigenvalue weighted by atomic mass is 9.53. The maximum Gasteiger partial charge on any atom is 0.166 e. The Bertz CT molecular complexity index is 871. The second-order valence-corrected chi connectivity index (χ2v) is 9.20. The Morgan fingerprint density at radius 1 is 1.04 bits per heavy atom. The Labute approximate surface area is 161 Å². The number of carbonyl (C=O) groups excluding carboxylic acids is 1. The van der Waals surface area contributed by atoms with Crippen LogP contribution < -0.4 is 0 Å². The summed E-state index contributed by atoms with van der Waals surface area (Å²) in [6.07, 6.45) is 6.81. The summed E-state index contributed by atoms with van der Waals surface area (Å²) >= 11 is 0. The number of benzene rings is 2. The first kappa shape index (κ1) is 17.0. The number of fused-ring (bicyclic) bond motifs is 5. The summed E-state index contributed by atoms with van der Waals surface area (Å²) in [6.45, 7) is 2.40.